The number of halogens is 1. The highest BCUT2D eigenvalue weighted by molar-refractivity contribution is 14.2. The Balaban J connectivity index is 2.17. The first kappa shape index (κ1) is 23.1. The van der Waals surface area contributed by atoms with Crippen LogP contribution in [-0.2, 0) is 23.5 Å². The second-order valence-electron chi connectivity index (χ2n) is 6.43. The van der Waals surface area contributed by atoms with E-state index in [9.17, 15) is 13.5 Å². The maximum absolute atomic E-state index is 12.9. The summed E-state index contributed by atoms with van der Waals surface area (Å²) in [5.74, 6) is -0.434. The maximum atomic E-state index is 12.9. The molecular weight excluding hydrogens is 503 g/mol. The van der Waals surface area contributed by atoms with Gasteiger partial charge in [-0.05, 0) is 18.6 Å². The van der Waals surface area contributed by atoms with E-state index in [1.54, 1.807) is 43.5 Å². The summed E-state index contributed by atoms with van der Waals surface area (Å²) in [7, 11) is -0.791. The lowest BCUT2D eigenvalue weighted by Gasteiger charge is -2.23. The van der Waals surface area contributed by atoms with E-state index in [4.69, 9.17) is 13.7 Å². The zero-order chi connectivity index (χ0) is 19.9. The Bertz CT molecular complexity index is 684. The van der Waals surface area contributed by atoms with Crippen LogP contribution in [0.3, 0.4) is 0 Å². The zero-order valence-corrected chi connectivity index (χ0v) is 18.9. The van der Waals surface area contributed by atoms with Gasteiger partial charge < -0.3 is 18.8 Å². The van der Waals surface area contributed by atoms with Gasteiger partial charge in [-0.3, -0.25) is 0 Å². The van der Waals surface area contributed by atoms with Crippen molar-refractivity contribution in [2.45, 2.75) is 42.2 Å². The van der Waals surface area contributed by atoms with Crippen molar-refractivity contribution in [1.82, 2.24) is 0 Å². The van der Waals surface area contributed by atoms with Gasteiger partial charge in [0.15, 0.2) is 9.84 Å². The third-order valence-corrected chi connectivity index (χ3v) is 7.41. The molecule has 6 nitrogen and oxygen atoms in total. The van der Waals surface area contributed by atoms with Crippen molar-refractivity contribution in [3.8, 4) is 0 Å². The average molecular weight is 528 g/mol. The molecule has 0 unspecified atom stereocenters. The molecule has 152 valence electrons. The fourth-order valence-corrected chi connectivity index (χ4v) is 5.75. The molecular formula is C18H25IO6S2. The minimum atomic E-state index is -3.49. The predicted octanol–water partition coefficient (Wildman–Crippen LogP) is 3.20. The topological polar surface area (TPSA) is 82.1 Å². The van der Waals surface area contributed by atoms with E-state index < -0.39 is 28.1 Å². The van der Waals surface area contributed by atoms with Gasteiger partial charge in [0.25, 0.3) is 0 Å². The van der Waals surface area contributed by atoms with E-state index >= 15 is 0 Å². The van der Waals surface area contributed by atoms with Crippen LogP contribution in [0, 0.1) is 5.92 Å². The van der Waals surface area contributed by atoms with Gasteiger partial charge in [-0.15, -0.1) is 6.58 Å². The lowest BCUT2D eigenvalue weighted by Crippen LogP contribution is -2.36. The molecule has 1 aromatic rings. The molecule has 0 aromatic heterocycles. The SMILES string of the molecule is C=CC[C@@H]1O[C@H](C[C@H](O)COSI)[C@H](OC)[C@H]1CS(=O)(=O)c1ccccc1. The number of benzene rings is 1. The van der Waals surface area contributed by atoms with Crippen LogP contribution < -0.4 is 0 Å². The van der Waals surface area contributed by atoms with E-state index in [1.807, 2.05) is 21.2 Å². The molecule has 0 aliphatic carbocycles. The number of ether oxygens (including phenoxy) is 2. The first-order valence-corrected chi connectivity index (χ1v) is 13.5. The molecule has 1 fully saturated rings. The average Bonchev–Trinajstić information content (AvgIpc) is 2.96. The summed E-state index contributed by atoms with van der Waals surface area (Å²) in [5.41, 5.74) is 0. The quantitative estimate of drug-likeness (QED) is 0.269. The van der Waals surface area contributed by atoms with Crippen molar-refractivity contribution < 1.29 is 27.2 Å². The molecule has 1 heterocycles. The lowest BCUT2D eigenvalue weighted by atomic mass is 9.94. The molecule has 0 bridgehead atoms. The standard InChI is InChI=1S/C18H25IO6S2/c1-3-7-16-15(12-27(21,22)14-8-5-4-6-9-14)18(23-2)17(25-16)10-13(20)11-24-26-19/h3-6,8-9,13,15-18,20H,1,7,10-12H2,2H3/t13-,15-,16-,17+,18+/m0/s1. The van der Waals surface area contributed by atoms with Crippen LogP contribution in [0.1, 0.15) is 12.8 Å². The van der Waals surface area contributed by atoms with Crippen molar-refractivity contribution in [2.24, 2.45) is 5.92 Å². The molecule has 1 N–H and O–H groups in total. The van der Waals surface area contributed by atoms with Crippen LogP contribution in [0.2, 0.25) is 0 Å². The highest BCUT2D eigenvalue weighted by Gasteiger charge is 2.46. The van der Waals surface area contributed by atoms with Gasteiger partial charge in [-0.2, -0.15) is 0 Å². The van der Waals surface area contributed by atoms with Gasteiger partial charge in [0.05, 0.1) is 50.9 Å². The van der Waals surface area contributed by atoms with E-state index in [-0.39, 0.29) is 29.3 Å². The normalized spacial score (nSPS) is 26.8. The van der Waals surface area contributed by atoms with Crippen LogP contribution in [0.4, 0.5) is 0 Å². The van der Waals surface area contributed by atoms with Crippen molar-refractivity contribution in [1.29, 1.82) is 0 Å². The van der Waals surface area contributed by atoms with Crippen LogP contribution in [-0.4, -0.2) is 57.4 Å². The molecule has 2 rings (SSSR count). The van der Waals surface area contributed by atoms with Gasteiger partial charge in [0.1, 0.15) is 0 Å². The molecule has 27 heavy (non-hydrogen) atoms. The summed E-state index contributed by atoms with van der Waals surface area (Å²) in [6.07, 6.45) is 0.650. The van der Waals surface area contributed by atoms with Crippen LogP contribution >= 0.6 is 30.4 Å². The summed E-state index contributed by atoms with van der Waals surface area (Å²) < 4.78 is 42.6. The number of aliphatic hydroxyl groups is 1. The minimum absolute atomic E-state index is 0.0826. The summed E-state index contributed by atoms with van der Waals surface area (Å²) in [4.78, 5) is 0.285. The Morgan fingerprint density at radius 3 is 2.67 bits per heavy atom. The Morgan fingerprint density at radius 1 is 1.37 bits per heavy atom. The third-order valence-electron chi connectivity index (χ3n) is 4.61. The van der Waals surface area contributed by atoms with Crippen molar-refractivity contribution in [3.63, 3.8) is 0 Å². The van der Waals surface area contributed by atoms with Crippen LogP contribution in [0.25, 0.3) is 0 Å². The third kappa shape index (κ3) is 6.41. The summed E-state index contributed by atoms with van der Waals surface area (Å²) in [6.45, 7) is 3.92. The van der Waals surface area contributed by atoms with Crippen LogP contribution in [0.5, 0.6) is 0 Å². The van der Waals surface area contributed by atoms with Gasteiger partial charge in [-0.25, -0.2) is 8.42 Å². The maximum Gasteiger partial charge on any atom is 0.178 e. The Morgan fingerprint density at radius 2 is 2.07 bits per heavy atom. The first-order chi connectivity index (χ1) is 12.9. The van der Waals surface area contributed by atoms with E-state index in [2.05, 4.69) is 6.58 Å². The molecule has 0 saturated carbocycles. The summed E-state index contributed by atoms with van der Waals surface area (Å²) >= 11 is 1.98. The van der Waals surface area contributed by atoms with Gasteiger partial charge >= 0.3 is 0 Å². The zero-order valence-electron chi connectivity index (χ0n) is 15.1. The summed E-state index contributed by atoms with van der Waals surface area (Å²) in [6, 6.07) is 8.38. The molecule has 0 amide bonds. The summed E-state index contributed by atoms with van der Waals surface area (Å²) in [5, 5.41) is 10.2. The number of hydrogen-bond acceptors (Lipinski definition) is 7. The van der Waals surface area contributed by atoms with Crippen LogP contribution in [0.15, 0.2) is 47.9 Å². The van der Waals surface area contributed by atoms with Gasteiger partial charge in [-0.1, -0.05) is 24.3 Å². The Labute approximate surface area is 177 Å². The number of aliphatic hydroxyl groups excluding tert-OH is 1. The Hall–Kier alpha value is -0.170. The second-order valence-corrected chi connectivity index (χ2v) is 9.91. The number of hydrogen-bond donors (Lipinski definition) is 1. The predicted molar refractivity (Wildman–Crippen MR) is 114 cm³/mol. The van der Waals surface area contributed by atoms with Crippen molar-refractivity contribution in [2.75, 3.05) is 19.5 Å². The first-order valence-electron chi connectivity index (χ1n) is 8.58. The van der Waals surface area contributed by atoms with E-state index in [0.29, 0.717) is 12.8 Å². The molecule has 0 spiro atoms. The number of methoxy groups -OCH3 is 1. The molecule has 1 aliphatic rings. The fraction of sp³-hybridized carbons (Fsp3) is 0.556. The second kappa shape index (κ2) is 11.1. The molecule has 1 aromatic carbocycles. The minimum Gasteiger partial charge on any atom is -0.391 e. The van der Waals surface area contributed by atoms with Gasteiger partial charge in [0, 0.05) is 40.7 Å². The number of rotatable bonds is 11. The molecule has 1 saturated heterocycles. The molecule has 1 aliphatic heterocycles. The monoisotopic (exact) mass is 528 g/mol. The highest BCUT2D eigenvalue weighted by Crippen LogP contribution is 2.36. The largest absolute Gasteiger partial charge is 0.391 e. The lowest BCUT2D eigenvalue weighted by molar-refractivity contribution is -0.0363. The van der Waals surface area contributed by atoms with Gasteiger partial charge in [0.2, 0.25) is 0 Å². The molecule has 0 radical (unpaired) electrons. The van der Waals surface area contributed by atoms with E-state index in [0.717, 1.165) is 9.21 Å². The highest BCUT2D eigenvalue weighted by atomic mass is 127. The Kier molecular flexibility index (Phi) is 9.53. The smallest absolute Gasteiger partial charge is 0.178 e. The molecule has 9 heteroatoms. The van der Waals surface area contributed by atoms with Crippen molar-refractivity contribution in [3.05, 3.63) is 43.0 Å². The number of sulfone groups is 1. The molecule has 5 atom stereocenters. The van der Waals surface area contributed by atoms with E-state index in [1.165, 1.54) is 0 Å². The van der Waals surface area contributed by atoms with Crippen molar-refractivity contribution >= 4 is 40.3 Å². The fourth-order valence-electron chi connectivity index (χ4n) is 3.42.